The molecule has 0 N–H and O–H groups in total. The van der Waals surface area contributed by atoms with Gasteiger partial charge in [0.2, 0.25) is 0 Å². The number of benzene rings is 1. The molecule has 0 fully saturated rings. The van der Waals surface area contributed by atoms with Gasteiger partial charge in [-0.2, -0.15) is 5.10 Å². The van der Waals surface area contributed by atoms with Crippen molar-refractivity contribution in [3.05, 3.63) is 46.0 Å². The molecule has 21 heavy (non-hydrogen) atoms. The molecule has 0 amide bonds. The largest absolute Gasteiger partial charge is 0.294 e. The second kappa shape index (κ2) is 7.66. The van der Waals surface area contributed by atoms with Gasteiger partial charge in [0.15, 0.2) is 5.78 Å². The first-order valence-corrected chi connectivity index (χ1v) is 8.28. The van der Waals surface area contributed by atoms with Crippen molar-refractivity contribution in [2.24, 2.45) is 5.10 Å². The molecule has 1 aliphatic rings. The van der Waals surface area contributed by atoms with Crippen LogP contribution in [0.1, 0.15) is 32.3 Å². The maximum atomic E-state index is 12.2. The van der Waals surface area contributed by atoms with E-state index in [1.54, 1.807) is 17.8 Å². The summed E-state index contributed by atoms with van der Waals surface area (Å²) in [7, 11) is 0. The number of nitrogens with zero attached hydrogens (tertiary/aromatic N) is 2. The van der Waals surface area contributed by atoms with E-state index in [0.29, 0.717) is 11.4 Å². The molecule has 0 saturated heterocycles. The van der Waals surface area contributed by atoms with Crippen molar-refractivity contribution in [3.63, 3.8) is 0 Å². The Morgan fingerprint density at radius 3 is 2.90 bits per heavy atom. The molecule has 2 rings (SSSR count). The summed E-state index contributed by atoms with van der Waals surface area (Å²) in [5.74, 6) is 0.0528. The highest BCUT2D eigenvalue weighted by Gasteiger charge is 2.19. The first kappa shape index (κ1) is 16.1. The second-order valence-corrected chi connectivity index (χ2v) is 6.54. The summed E-state index contributed by atoms with van der Waals surface area (Å²) in [4.78, 5) is 12.2. The van der Waals surface area contributed by atoms with E-state index in [0.717, 1.165) is 35.0 Å². The van der Waals surface area contributed by atoms with E-state index in [2.05, 4.69) is 12.0 Å². The van der Waals surface area contributed by atoms with Gasteiger partial charge in [-0.15, -0.1) is 0 Å². The van der Waals surface area contributed by atoms with Gasteiger partial charge in [0.25, 0.3) is 0 Å². The fourth-order valence-corrected chi connectivity index (χ4v) is 3.11. The zero-order chi connectivity index (χ0) is 15.2. The Morgan fingerprint density at radius 2 is 2.19 bits per heavy atom. The van der Waals surface area contributed by atoms with Crippen LogP contribution in [0.4, 0.5) is 0 Å². The molecule has 0 saturated carbocycles. The first-order valence-electron chi connectivity index (χ1n) is 7.08. The highest BCUT2D eigenvalue weighted by atomic mass is 35.5. The molecule has 0 bridgehead atoms. The van der Waals surface area contributed by atoms with Gasteiger partial charge in [0.1, 0.15) is 5.03 Å². The van der Waals surface area contributed by atoms with E-state index in [1.165, 1.54) is 0 Å². The van der Waals surface area contributed by atoms with Crippen molar-refractivity contribution < 1.29 is 4.79 Å². The summed E-state index contributed by atoms with van der Waals surface area (Å²) in [6, 6.07) is 7.46. The molecule has 1 aromatic carbocycles. The normalized spacial score (nSPS) is 16.4. The maximum absolute atomic E-state index is 12.2. The molecule has 0 atom stereocenters. The van der Waals surface area contributed by atoms with E-state index in [1.807, 2.05) is 36.2 Å². The monoisotopic (exact) mass is 322 g/mol. The molecule has 3 nitrogen and oxygen atoms in total. The number of unbranched alkanes of at least 4 members (excludes halogenated alkanes) is 1. The summed E-state index contributed by atoms with van der Waals surface area (Å²) in [5, 5.41) is 8.90. The van der Waals surface area contributed by atoms with E-state index >= 15 is 0 Å². The number of rotatable bonds is 6. The minimum atomic E-state index is 0.0528. The molecular formula is C16H19ClN2OS. The first-order chi connectivity index (χ1) is 10.1. The van der Waals surface area contributed by atoms with Crippen molar-refractivity contribution in [1.82, 2.24) is 5.01 Å². The quantitative estimate of drug-likeness (QED) is 0.724. The number of carbonyl (C=O) groups is 1. The summed E-state index contributed by atoms with van der Waals surface area (Å²) in [6.45, 7) is 4.96. The van der Waals surface area contributed by atoms with Crippen LogP contribution < -0.4 is 0 Å². The van der Waals surface area contributed by atoms with E-state index < -0.39 is 0 Å². The highest BCUT2D eigenvalue weighted by Crippen LogP contribution is 2.30. The SMILES string of the molecule is CCCCN1N=C(C)SC1=CC(=O)Cc1ccccc1Cl. The predicted molar refractivity (Wildman–Crippen MR) is 90.6 cm³/mol. The number of hydrogen-bond acceptors (Lipinski definition) is 4. The van der Waals surface area contributed by atoms with Crippen LogP contribution in [0, 0.1) is 0 Å². The Bertz CT molecular complexity index is 583. The maximum Gasteiger partial charge on any atom is 0.162 e. The lowest BCUT2D eigenvalue weighted by Gasteiger charge is -2.14. The van der Waals surface area contributed by atoms with Crippen LogP contribution >= 0.6 is 23.4 Å². The molecule has 112 valence electrons. The number of allylic oxidation sites excluding steroid dienone is 1. The van der Waals surface area contributed by atoms with Crippen LogP contribution in [0.25, 0.3) is 0 Å². The average Bonchev–Trinajstić information content (AvgIpc) is 2.79. The van der Waals surface area contributed by atoms with Crippen molar-refractivity contribution in [2.45, 2.75) is 33.1 Å². The summed E-state index contributed by atoms with van der Waals surface area (Å²) in [5.41, 5.74) is 0.863. The zero-order valence-corrected chi connectivity index (χ0v) is 13.9. The second-order valence-electron chi connectivity index (χ2n) is 4.91. The number of hydrogen-bond donors (Lipinski definition) is 0. The lowest BCUT2D eigenvalue weighted by Crippen LogP contribution is -2.14. The Hall–Kier alpha value is -1.26. The Kier molecular flexibility index (Phi) is 5.88. The minimum Gasteiger partial charge on any atom is -0.294 e. The third-order valence-electron chi connectivity index (χ3n) is 3.10. The summed E-state index contributed by atoms with van der Waals surface area (Å²) >= 11 is 7.64. The van der Waals surface area contributed by atoms with Crippen molar-refractivity contribution in [3.8, 4) is 0 Å². The van der Waals surface area contributed by atoms with Gasteiger partial charge in [-0.1, -0.05) is 54.9 Å². The van der Waals surface area contributed by atoms with Gasteiger partial charge in [-0.3, -0.25) is 9.80 Å². The van der Waals surface area contributed by atoms with Gasteiger partial charge >= 0.3 is 0 Å². The van der Waals surface area contributed by atoms with Gasteiger partial charge in [0, 0.05) is 24.1 Å². The van der Waals surface area contributed by atoms with Gasteiger partial charge in [0.05, 0.1) is 5.04 Å². The number of thioether (sulfide) groups is 1. The summed E-state index contributed by atoms with van der Waals surface area (Å²) in [6.07, 6.45) is 4.18. The third-order valence-corrected chi connectivity index (χ3v) is 4.38. The number of hydrazone groups is 1. The fraction of sp³-hybridized carbons (Fsp3) is 0.375. The topological polar surface area (TPSA) is 32.7 Å². The lowest BCUT2D eigenvalue weighted by atomic mass is 10.1. The third kappa shape index (κ3) is 4.61. The van der Waals surface area contributed by atoms with Crippen LogP contribution in [0.15, 0.2) is 40.5 Å². The Labute approximate surface area is 135 Å². The van der Waals surface area contributed by atoms with Gasteiger partial charge < -0.3 is 0 Å². The van der Waals surface area contributed by atoms with Crippen LogP contribution in [0.2, 0.25) is 5.02 Å². The molecule has 1 aliphatic heterocycles. The molecule has 0 spiro atoms. The Morgan fingerprint density at radius 1 is 1.43 bits per heavy atom. The minimum absolute atomic E-state index is 0.0528. The molecule has 1 heterocycles. The van der Waals surface area contributed by atoms with Crippen molar-refractivity contribution in [2.75, 3.05) is 6.54 Å². The Balaban J connectivity index is 2.04. The molecule has 0 radical (unpaired) electrons. The molecule has 1 aromatic rings. The number of halogens is 1. The predicted octanol–water partition coefficient (Wildman–Crippen LogP) is 4.48. The van der Waals surface area contributed by atoms with Crippen LogP contribution in [0.5, 0.6) is 0 Å². The van der Waals surface area contributed by atoms with Gasteiger partial charge in [-0.25, -0.2) is 0 Å². The fourth-order valence-electron chi connectivity index (χ4n) is 2.03. The number of carbonyl (C=O) groups excluding carboxylic acids is 1. The summed E-state index contributed by atoms with van der Waals surface area (Å²) < 4.78 is 0. The molecule has 0 unspecified atom stereocenters. The van der Waals surface area contributed by atoms with Gasteiger partial charge in [-0.05, 0) is 25.0 Å². The van der Waals surface area contributed by atoms with Crippen molar-refractivity contribution in [1.29, 1.82) is 0 Å². The van der Waals surface area contributed by atoms with Crippen molar-refractivity contribution >= 4 is 34.2 Å². The number of ketones is 1. The molecule has 0 aliphatic carbocycles. The van der Waals surface area contributed by atoms with E-state index in [4.69, 9.17) is 11.6 Å². The standard InChI is InChI=1S/C16H19ClN2OS/c1-3-4-9-19-16(21-12(2)18-19)11-14(20)10-13-7-5-6-8-15(13)17/h5-8,11H,3-4,9-10H2,1-2H3. The molecule has 0 aromatic heterocycles. The van der Waals surface area contributed by atoms with E-state index in [9.17, 15) is 4.79 Å². The average molecular weight is 323 g/mol. The van der Waals surface area contributed by atoms with Crippen LogP contribution in [-0.2, 0) is 11.2 Å². The molecular weight excluding hydrogens is 304 g/mol. The molecule has 5 heteroatoms. The smallest absolute Gasteiger partial charge is 0.162 e. The van der Waals surface area contributed by atoms with E-state index in [-0.39, 0.29) is 5.78 Å². The highest BCUT2D eigenvalue weighted by molar-refractivity contribution is 8.17. The zero-order valence-electron chi connectivity index (χ0n) is 12.3. The lowest BCUT2D eigenvalue weighted by molar-refractivity contribution is -0.114. The van der Waals surface area contributed by atoms with Crippen LogP contribution in [-0.4, -0.2) is 22.4 Å². The van der Waals surface area contributed by atoms with Crippen LogP contribution in [0.3, 0.4) is 0 Å².